The second-order valence-corrected chi connectivity index (χ2v) is 8.29. The molecule has 0 heterocycles. The second kappa shape index (κ2) is 5.85. The smallest absolute Gasteiger partial charge is 0.312 e. The van der Waals surface area contributed by atoms with Gasteiger partial charge in [-0.1, -0.05) is 0 Å². The molecule has 0 atom stereocenters. The molecule has 0 bridgehead atoms. The summed E-state index contributed by atoms with van der Waals surface area (Å²) in [7, 11) is 5.54. The van der Waals surface area contributed by atoms with Gasteiger partial charge in [-0.3, -0.25) is 0 Å². The van der Waals surface area contributed by atoms with Gasteiger partial charge in [-0.25, -0.2) is 4.31 Å². The van der Waals surface area contributed by atoms with Gasteiger partial charge in [0, 0.05) is 28.4 Å². The van der Waals surface area contributed by atoms with Crippen LogP contribution in [0.3, 0.4) is 0 Å². The van der Waals surface area contributed by atoms with Crippen molar-refractivity contribution in [2.75, 3.05) is 28.4 Å². The predicted molar refractivity (Wildman–Crippen MR) is 57.7 cm³/mol. The first kappa shape index (κ1) is 14.1. The highest BCUT2D eigenvalue weighted by Gasteiger charge is 2.29. The average molecular weight is 266 g/mol. The maximum absolute atomic E-state index is 5.19. The summed E-state index contributed by atoms with van der Waals surface area (Å²) in [6.45, 7) is -5.61. The van der Waals surface area contributed by atoms with Crippen LogP contribution in [0.2, 0.25) is 0 Å². The van der Waals surface area contributed by atoms with Crippen molar-refractivity contribution in [1.29, 1.82) is 0 Å². The molecule has 0 rings (SSSR count). The highest BCUT2D eigenvalue weighted by molar-refractivity contribution is 8.14. The average Bonchev–Trinajstić information content (AvgIpc) is 2.17. The fourth-order valence-electron chi connectivity index (χ4n) is 0.405. The zero-order valence-corrected chi connectivity index (χ0v) is 11.2. The maximum atomic E-state index is 5.19. The zero-order valence-electron chi connectivity index (χ0n) is 7.75. The van der Waals surface area contributed by atoms with Gasteiger partial charge in [-0.15, -0.1) is 0 Å². The van der Waals surface area contributed by atoms with Crippen molar-refractivity contribution < 1.29 is 22.4 Å². The Hall–Kier alpha value is 1.10. The van der Waals surface area contributed by atoms with Crippen molar-refractivity contribution in [2.45, 2.75) is 0 Å². The van der Waals surface area contributed by atoms with Gasteiger partial charge >= 0.3 is 13.4 Å². The predicted octanol–water partition coefficient (Wildman–Crippen LogP) is 2.04. The summed E-state index contributed by atoms with van der Waals surface area (Å²) in [5.74, 6) is 0. The molecule has 0 N–H and O–H groups in total. The van der Waals surface area contributed by atoms with E-state index in [1.54, 1.807) is 0 Å². The Bertz CT molecular complexity index is 205. The lowest BCUT2D eigenvalue weighted by Gasteiger charge is -2.23. The molecular formula is C4H12O5P2S2. The fraction of sp³-hybridized carbons (Fsp3) is 1.00. The van der Waals surface area contributed by atoms with E-state index in [4.69, 9.17) is 46.0 Å². The Balaban J connectivity index is 4.57. The van der Waals surface area contributed by atoms with E-state index in [1.807, 2.05) is 0 Å². The van der Waals surface area contributed by atoms with Crippen LogP contribution in [0.4, 0.5) is 0 Å². The van der Waals surface area contributed by atoms with E-state index in [0.29, 0.717) is 0 Å². The highest BCUT2D eigenvalue weighted by Crippen LogP contribution is 2.64. The van der Waals surface area contributed by atoms with Crippen molar-refractivity contribution in [3.05, 3.63) is 0 Å². The monoisotopic (exact) mass is 266 g/mol. The van der Waals surface area contributed by atoms with E-state index in [9.17, 15) is 0 Å². The lowest BCUT2D eigenvalue weighted by atomic mass is 11.8. The van der Waals surface area contributed by atoms with Crippen LogP contribution < -0.4 is 0 Å². The van der Waals surface area contributed by atoms with Crippen LogP contribution in [-0.4, -0.2) is 28.4 Å². The summed E-state index contributed by atoms with van der Waals surface area (Å²) in [5.41, 5.74) is 0. The van der Waals surface area contributed by atoms with Crippen molar-refractivity contribution in [3.63, 3.8) is 0 Å². The van der Waals surface area contributed by atoms with Gasteiger partial charge in [-0.2, -0.15) is 0 Å². The summed E-state index contributed by atoms with van der Waals surface area (Å²) >= 11 is 9.86. The fourth-order valence-corrected chi connectivity index (χ4v) is 4.71. The third kappa shape index (κ3) is 4.42. The summed E-state index contributed by atoms with van der Waals surface area (Å²) in [6, 6.07) is 0. The van der Waals surface area contributed by atoms with Crippen LogP contribution in [0.5, 0.6) is 0 Å². The van der Waals surface area contributed by atoms with Gasteiger partial charge in [0.05, 0.1) is 0 Å². The topological polar surface area (TPSA) is 46.2 Å². The van der Waals surface area contributed by atoms with Gasteiger partial charge in [0.15, 0.2) is 0 Å². The van der Waals surface area contributed by atoms with E-state index in [-0.39, 0.29) is 0 Å². The summed E-state index contributed by atoms with van der Waals surface area (Å²) < 4.78 is 24.7. The highest BCUT2D eigenvalue weighted by atomic mass is 32.5. The third-order valence-corrected chi connectivity index (χ3v) is 7.47. The summed E-state index contributed by atoms with van der Waals surface area (Å²) in [4.78, 5) is 0. The molecule has 0 unspecified atom stereocenters. The van der Waals surface area contributed by atoms with Gasteiger partial charge in [0.1, 0.15) is 0 Å². The first-order chi connectivity index (χ1) is 5.95. The quantitative estimate of drug-likeness (QED) is 0.681. The molecule has 0 saturated heterocycles. The molecule has 0 aromatic heterocycles. The van der Waals surface area contributed by atoms with Crippen molar-refractivity contribution in [2.24, 2.45) is 0 Å². The maximum Gasteiger partial charge on any atom is 0.333 e. The van der Waals surface area contributed by atoms with E-state index < -0.39 is 13.4 Å². The van der Waals surface area contributed by atoms with Gasteiger partial charge in [0.25, 0.3) is 0 Å². The molecule has 0 aliphatic carbocycles. The number of hydrogen-bond donors (Lipinski definition) is 0. The molecule has 5 nitrogen and oxygen atoms in total. The standard InChI is InChI=1S/C4H12O5P2S2/c1-5-10(12,6-2)9-11(13,7-3)8-4/h1-4H3. The molecule has 0 saturated carbocycles. The zero-order chi connectivity index (χ0) is 10.5. The Kier molecular flexibility index (Phi) is 6.35. The van der Waals surface area contributed by atoms with Gasteiger partial charge in [0.2, 0.25) is 0 Å². The number of rotatable bonds is 6. The Labute approximate surface area is 88.2 Å². The van der Waals surface area contributed by atoms with Gasteiger partial charge < -0.3 is 18.1 Å². The first-order valence-electron chi connectivity index (χ1n) is 3.09. The van der Waals surface area contributed by atoms with E-state index in [2.05, 4.69) is 0 Å². The molecule has 0 amide bonds. The largest absolute Gasteiger partial charge is 0.333 e. The minimum absolute atomic E-state index is 1.38. The molecule has 0 aromatic carbocycles. The van der Waals surface area contributed by atoms with Crippen LogP contribution in [0, 0.1) is 0 Å². The minimum Gasteiger partial charge on any atom is -0.312 e. The lowest BCUT2D eigenvalue weighted by Crippen LogP contribution is -1.96. The van der Waals surface area contributed by atoms with Crippen LogP contribution in [0.25, 0.3) is 0 Å². The van der Waals surface area contributed by atoms with Crippen LogP contribution >= 0.6 is 13.4 Å². The SMILES string of the molecule is COP(=S)(OC)OP(=S)(OC)OC. The molecule has 0 aliphatic heterocycles. The Morgan fingerprint density at radius 3 is 1.08 bits per heavy atom. The Morgan fingerprint density at radius 1 is 0.692 bits per heavy atom. The van der Waals surface area contributed by atoms with Crippen molar-refractivity contribution >= 4 is 37.1 Å². The first-order valence-corrected chi connectivity index (χ1v) is 8.21. The van der Waals surface area contributed by atoms with Crippen LogP contribution in [0.15, 0.2) is 0 Å². The molecular weight excluding hydrogens is 254 g/mol. The second-order valence-electron chi connectivity index (χ2n) is 1.71. The van der Waals surface area contributed by atoms with Gasteiger partial charge in [-0.05, 0) is 23.6 Å². The summed E-state index contributed by atoms with van der Waals surface area (Å²) in [5, 5.41) is 0. The molecule has 0 spiro atoms. The van der Waals surface area contributed by atoms with E-state index in [0.717, 1.165) is 0 Å². The third-order valence-electron chi connectivity index (χ3n) is 1.09. The van der Waals surface area contributed by atoms with Crippen molar-refractivity contribution in [1.82, 2.24) is 0 Å². The molecule has 0 radical (unpaired) electrons. The van der Waals surface area contributed by atoms with Crippen LogP contribution in [-0.2, 0) is 46.0 Å². The minimum atomic E-state index is -2.81. The molecule has 0 aromatic rings. The van der Waals surface area contributed by atoms with E-state index >= 15 is 0 Å². The normalized spacial score (nSPS) is 13.2. The molecule has 0 fully saturated rings. The Morgan fingerprint density at radius 2 is 0.923 bits per heavy atom. The van der Waals surface area contributed by atoms with Crippen molar-refractivity contribution in [3.8, 4) is 0 Å². The molecule has 80 valence electrons. The van der Waals surface area contributed by atoms with Crippen LogP contribution in [0.1, 0.15) is 0 Å². The molecule has 0 aliphatic rings. The lowest BCUT2D eigenvalue weighted by molar-refractivity contribution is 0.226. The number of hydrogen-bond acceptors (Lipinski definition) is 7. The summed E-state index contributed by atoms with van der Waals surface area (Å²) in [6.07, 6.45) is 0. The molecule has 9 heteroatoms. The van der Waals surface area contributed by atoms with E-state index in [1.165, 1.54) is 28.4 Å². The molecule has 13 heavy (non-hydrogen) atoms.